The SMILES string of the molecule is O=C(/C=C/c1cc(Cl)c2c(c1)OCO2)N1CCN(C2CCOCC2)CC1. The van der Waals surface area contributed by atoms with Gasteiger partial charge in [-0.2, -0.15) is 0 Å². The molecule has 4 rings (SSSR count). The average molecular weight is 379 g/mol. The van der Waals surface area contributed by atoms with Crippen LogP contribution in [0.4, 0.5) is 0 Å². The molecule has 0 spiro atoms. The number of rotatable bonds is 3. The number of hydrogen-bond acceptors (Lipinski definition) is 5. The van der Waals surface area contributed by atoms with E-state index in [2.05, 4.69) is 4.90 Å². The first-order chi connectivity index (χ1) is 12.7. The third-order valence-electron chi connectivity index (χ3n) is 5.20. The molecule has 0 radical (unpaired) electrons. The Kier molecular flexibility index (Phi) is 5.33. The van der Waals surface area contributed by atoms with Crippen LogP contribution in [0.5, 0.6) is 11.5 Å². The molecule has 6 nitrogen and oxygen atoms in total. The van der Waals surface area contributed by atoms with Gasteiger partial charge in [0.2, 0.25) is 12.7 Å². The number of hydrogen-bond donors (Lipinski definition) is 0. The lowest BCUT2D eigenvalue weighted by molar-refractivity contribution is -0.128. The molecule has 2 fully saturated rings. The smallest absolute Gasteiger partial charge is 0.246 e. The molecule has 1 aromatic carbocycles. The van der Waals surface area contributed by atoms with Crippen molar-refractivity contribution in [3.63, 3.8) is 0 Å². The summed E-state index contributed by atoms with van der Waals surface area (Å²) in [5.74, 6) is 1.22. The van der Waals surface area contributed by atoms with Crippen molar-refractivity contribution in [3.8, 4) is 11.5 Å². The van der Waals surface area contributed by atoms with Crippen LogP contribution < -0.4 is 9.47 Å². The predicted molar refractivity (Wildman–Crippen MR) is 98.6 cm³/mol. The zero-order valence-electron chi connectivity index (χ0n) is 14.7. The van der Waals surface area contributed by atoms with E-state index in [0.717, 1.165) is 57.8 Å². The number of amides is 1. The lowest BCUT2D eigenvalue weighted by Gasteiger charge is -2.40. The molecular formula is C19H23ClN2O4. The fourth-order valence-corrected chi connectivity index (χ4v) is 3.99. The molecule has 2 saturated heterocycles. The minimum atomic E-state index is 0.0328. The van der Waals surface area contributed by atoms with Crippen LogP contribution in [0.3, 0.4) is 0 Å². The topological polar surface area (TPSA) is 51.2 Å². The fourth-order valence-electron chi connectivity index (χ4n) is 3.71. The van der Waals surface area contributed by atoms with Gasteiger partial charge in [-0.3, -0.25) is 9.69 Å². The van der Waals surface area contributed by atoms with Crippen LogP contribution in [0, 0.1) is 0 Å². The molecule has 26 heavy (non-hydrogen) atoms. The van der Waals surface area contributed by atoms with E-state index in [9.17, 15) is 4.79 Å². The van der Waals surface area contributed by atoms with E-state index in [4.69, 9.17) is 25.8 Å². The summed E-state index contributed by atoms with van der Waals surface area (Å²) in [4.78, 5) is 16.9. The van der Waals surface area contributed by atoms with Gasteiger partial charge in [-0.25, -0.2) is 0 Å². The Morgan fingerprint density at radius 3 is 2.65 bits per heavy atom. The number of halogens is 1. The number of piperazine rings is 1. The Morgan fingerprint density at radius 1 is 1.12 bits per heavy atom. The lowest BCUT2D eigenvalue weighted by atomic mass is 10.1. The van der Waals surface area contributed by atoms with Gasteiger partial charge in [0.25, 0.3) is 0 Å². The Labute approximate surface area is 158 Å². The highest BCUT2D eigenvalue weighted by Crippen LogP contribution is 2.40. The maximum Gasteiger partial charge on any atom is 0.246 e. The first kappa shape index (κ1) is 17.6. The van der Waals surface area contributed by atoms with Crippen molar-refractivity contribution in [3.05, 3.63) is 28.8 Å². The molecule has 0 saturated carbocycles. The fraction of sp³-hybridized carbons (Fsp3) is 0.526. The van der Waals surface area contributed by atoms with Crippen LogP contribution >= 0.6 is 11.6 Å². The van der Waals surface area contributed by atoms with Crippen molar-refractivity contribution in [2.45, 2.75) is 18.9 Å². The molecule has 7 heteroatoms. The van der Waals surface area contributed by atoms with Gasteiger partial charge in [0.15, 0.2) is 11.5 Å². The van der Waals surface area contributed by atoms with Gasteiger partial charge in [0.05, 0.1) is 5.02 Å². The molecule has 0 aliphatic carbocycles. The molecule has 3 aliphatic rings. The first-order valence-corrected chi connectivity index (χ1v) is 9.46. The molecule has 0 unspecified atom stereocenters. The monoisotopic (exact) mass is 378 g/mol. The van der Waals surface area contributed by atoms with E-state index in [1.54, 1.807) is 18.2 Å². The summed E-state index contributed by atoms with van der Waals surface area (Å²) in [6.45, 7) is 5.28. The largest absolute Gasteiger partial charge is 0.454 e. The Balaban J connectivity index is 1.33. The molecule has 3 heterocycles. The zero-order chi connectivity index (χ0) is 17.9. The minimum Gasteiger partial charge on any atom is -0.454 e. The quantitative estimate of drug-likeness (QED) is 0.756. The lowest BCUT2D eigenvalue weighted by Crippen LogP contribution is -2.52. The van der Waals surface area contributed by atoms with Crippen molar-refractivity contribution in [2.24, 2.45) is 0 Å². The van der Waals surface area contributed by atoms with Crippen molar-refractivity contribution < 1.29 is 19.0 Å². The molecule has 0 aromatic heterocycles. The van der Waals surface area contributed by atoms with E-state index in [-0.39, 0.29) is 12.7 Å². The van der Waals surface area contributed by atoms with Crippen LogP contribution in [0.1, 0.15) is 18.4 Å². The van der Waals surface area contributed by atoms with Crippen LogP contribution in [-0.4, -0.2) is 67.9 Å². The number of nitrogens with zero attached hydrogens (tertiary/aromatic N) is 2. The minimum absolute atomic E-state index is 0.0328. The molecule has 1 aromatic rings. The number of fused-ring (bicyclic) bond motifs is 1. The Bertz CT molecular complexity index is 695. The highest BCUT2D eigenvalue weighted by Gasteiger charge is 2.26. The molecule has 0 atom stereocenters. The van der Waals surface area contributed by atoms with E-state index in [1.807, 2.05) is 11.0 Å². The van der Waals surface area contributed by atoms with Gasteiger partial charge >= 0.3 is 0 Å². The summed E-state index contributed by atoms with van der Waals surface area (Å²) < 4.78 is 16.1. The predicted octanol–water partition coefficient (Wildman–Crippen LogP) is 2.41. The van der Waals surface area contributed by atoms with Crippen molar-refractivity contribution >= 4 is 23.6 Å². The van der Waals surface area contributed by atoms with Gasteiger partial charge in [0, 0.05) is 51.5 Å². The van der Waals surface area contributed by atoms with E-state index in [0.29, 0.717) is 22.6 Å². The maximum absolute atomic E-state index is 12.5. The summed E-state index contributed by atoms with van der Waals surface area (Å²) in [5, 5.41) is 0.497. The average Bonchev–Trinajstić information content (AvgIpc) is 3.16. The van der Waals surface area contributed by atoms with E-state index < -0.39 is 0 Å². The maximum atomic E-state index is 12.5. The van der Waals surface area contributed by atoms with E-state index in [1.165, 1.54) is 0 Å². The second kappa shape index (κ2) is 7.86. The number of carbonyl (C=O) groups excluding carboxylic acids is 1. The van der Waals surface area contributed by atoms with Crippen LogP contribution in [0.15, 0.2) is 18.2 Å². The van der Waals surface area contributed by atoms with Crippen molar-refractivity contribution in [2.75, 3.05) is 46.2 Å². The Morgan fingerprint density at radius 2 is 1.88 bits per heavy atom. The summed E-state index contributed by atoms with van der Waals surface area (Å²) in [6, 6.07) is 4.22. The number of carbonyl (C=O) groups is 1. The van der Waals surface area contributed by atoms with Crippen molar-refractivity contribution in [1.82, 2.24) is 9.80 Å². The Hall–Kier alpha value is -1.76. The first-order valence-electron chi connectivity index (χ1n) is 9.08. The van der Waals surface area contributed by atoms with Crippen LogP contribution in [0.2, 0.25) is 5.02 Å². The second-order valence-electron chi connectivity index (χ2n) is 6.77. The van der Waals surface area contributed by atoms with Crippen LogP contribution in [-0.2, 0) is 9.53 Å². The molecule has 0 N–H and O–H groups in total. The molecule has 0 bridgehead atoms. The van der Waals surface area contributed by atoms with Gasteiger partial charge in [-0.1, -0.05) is 11.6 Å². The highest BCUT2D eigenvalue weighted by molar-refractivity contribution is 6.32. The third-order valence-corrected chi connectivity index (χ3v) is 5.48. The summed E-state index contributed by atoms with van der Waals surface area (Å²) in [7, 11) is 0. The van der Waals surface area contributed by atoms with E-state index >= 15 is 0 Å². The standard InChI is InChI=1S/C19H23ClN2O4/c20-16-11-14(12-17-19(16)26-13-25-17)1-2-18(23)22-7-5-21(6-8-22)15-3-9-24-10-4-15/h1-2,11-12,15H,3-10,13H2/b2-1+. The molecular weight excluding hydrogens is 356 g/mol. The van der Waals surface area contributed by atoms with Crippen LogP contribution in [0.25, 0.3) is 6.08 Å². The van der Waals surface area contributed by atoms with Gasteiger partial charge in [-0.05, 0) is 36.6 Å². The van der Waals surface area contributed by atoms with Gasteiger partial charge in [-0.15, -0.1) is 0 Å². The van der Waals surface area contributed by atoms with Crippen molar-refractivity contribution in [1.29, 1.82) is 0 Å². The highest BCUT2D eigenvalue weighted by atomic mass is 35.5. The third kappa shape index (κ3) is 3.82. The molecule has 1 amide bonds. The number of ether oxygens (including phenoxy) is 3. The molecule has 3 aliphatic heterocycles. The zero-order valence-corrected chi connectivity index (χ0v) is 15.4. The number of benzene rings is 1. The summed E-state index contributed by atoms with van der Waals surface area (Å²) >= 11 is 6.18. The second-order valence-corrected chi connectivity index (χ2v) is 7.18. The summed E-state index contributed by atoms with van der Waals surface area (Å²) in [6.07, 6.45) is 5.58. The summed E-state index contributed by atoms with van der Waals surface area (Å²) in [5.41, 5.74) is 0.827. The molecule has 140 valence electrons. The normalized spacial score (nSPS) is 21.5. The van der Waals surface area contributed by atoms with Gasteiger partial charge in [0.1, 0.15) is 0 Å². The van der Waals surface area contributed by atoms with Gasteiger partial charge < -0.3 is 19.1 Å².